The SMILES string of the molecule is CNCC(CNCc1cccc(OC)c1)C(C)C. The Morgan fingerprint density at radius 2 is 2.00 bits per heavy atom. The van der Waals surface area contributed by atoms with Gasteiger partial charge in [-0.05, 0) is 49.7 Å². The van der Waals surface area contributed by atoms with Gasteiger partial charge in [0.15, 0.2) is 0 Å². The second-order valence-electron chi connectivity index (χ2n) is 5.04. The molecule has 0 aliphatic rings. The van der Waals surface area contributed by atoms with Crippen molar-refractivity contribution in [2.24, 2.45) is 11.8 Å². The molecule has 0 heterocycles. The summed E-state index contributed by atoms with van der Waals surface area (Å²) in [5.74, 6) is 2.28. The van der Waals surface area contributed by atoms with E-state index in [2.05, 4.69) is 36.6 Å². The molecule has 1 aromatic carbocycles. The summed E-state index contributed by atoms with van der Waals surface area (Å²) in [7, 11) is 3.71. The van der Waals surface area contributed by atoms with Gasteiger partial charge in [-0.25, -0.2) is 0 Å². The smallest absolute Gasteiger partial charge is 0.119 e. The molecule has 0 radical (unpaired) electrons. The second-order valence-corrected chi connectivity index (χ2v) is 5.04. The third kappa shape index (κ3) is 5.07. The fourth-order valence-electron chi connectivity index (χ4n) is 1.99. The van der Waals surface area contributed by atoms with Gasteiger partial charge in [-0.15, -0.1) is 0 Å². The number of hydrogen-bond acceptors (Lipinski definition) is 3. The van der Waals surface area contributed by atoms with Gasteiger partial charge < -0.3 is 15.4 Å². The molecule has 1 rings (SSSR count). The van der Waals surface area contributed by atoms with Gasteiger partial charge in [0.2, 0.25) is 0 Å². The Kier molecular flexibility index (Phi) is 6.76. The van der Waals surface area contributed by atoms with Gasteiger partial charge in [0.25, 0.3) is 0 Å². The maximum Gasteiger partial charge on any atom is 0.119 e. The van der Waals surface area contributed by atoms with Crippen LogP contribution in [0.25, 0.3) is 0 Å². The quantitative estimate of drug-likeness (QED) is 0.742. The lowest BCUT2D eigenvalue weighted by Gasteiger charge is -2.21. The van der Waals surface area contributed by atoms with E-state index in [-0.39, 0.29) is 0 Å². The standard InChI is InChI=1S/C15H26N2O/c1-12(2)14(10-16-3)11-17-9-13-6-5-7-15(8-13)18-4/h5-8,12,14,16-17H,9-11H2,1-4H3. The van der Waals surface area contributed by atoms with E-state index in [4.69, 9.17) is 4.74 Å². The van der Waals surface area contributed by atoms with Crippen LogP contribution in [-0.4, -0.2) is 27.2 Å². The van der Waals surface area contributed by atoms with E-state index >= 15 is 0 Å². The van der Waals surface area contributed by atoms with E-state index in [9.17, 15) is 0 Å². The Morgan fingerprint density at radius 3 is 2.61 bits per heavy atom. The summed E-state index contributed by atoms with van der Waals surface area (Å²) in [6.07, 6.45) is 0. The first-order valence-corrected chi connectivity index (χ1v) is 6.65. The molecule has 0 saturated heterocycles. The third-order valence-corrected chi connectivity index (χ3v) is 3.28. The van der Waals surface area contributed by atoms with Crippen LogP contribution in [-0.2, 0) is 6.54 Å². The molecule has 0 bridgehead atoms. The Bertz CT molecular complexity index is 339. The van der Waals surface area contributed by atoms with E-state index < -0.39 is 0 Å². The molecule has 3 heteroatoms. The number of methoxy groups -OCH3 is 1. The molecule has 3 nitrogen and oxygen atoms in total. The number of nitrogens with one attached hydrogen (secondary N) is 2. The maximum atomic E-state index is 5.22. The summed E-state index contributed by atoms with van der Waals surface area (Å²) in [6, 6.07) is 8.21. The average molecular weight is 250 g/mol. The summed E-state index contributed by atoms with van der Waals surface area (Å²) >= 11 is 0. The minimum absolute atomic E-state index is 0.667. The molecule has 1 unspecified atom stereocenters. The van der Waals surface area contributed by atoms with Crippen LogP contribution in [0.4, 0.5) is 0 Å². The minimum Gasteiger partial charge on any atom is -0.497 e. The van der Waals surface area contributed by atoms with Crippen LogP contribution in [0.15, 0.2) is 24.3 Å². The van der Waals surface area contributed by atoms with Crippen molar-refractivity contribution in [1.29, 1.82) is 0 Å². The predicted octanol–water partition coefficient (Wildman–Crippen LogP) is 2.28. The van der Waals surface area contributed by atoms with E-state index in [0.29, 0.717) is 11.8 Å². The van der Waals surface area contributed by atoms with Crippen LogP contribution in [0, 0.1) is 11.8 Å². The van der Waals surface area contributed by atoms with Crippen LogP contribution < -0.4 is 15.4 Å². The van der Waals surface area contributed by atoms with Gasteiger partial charge in [-0.2, -0.15) is 0 Å². The lowest BCUT2D eigenvalue weighted by Crippen LogP contribution is -2.32. The van der Waals surface area contributed by atoms with Crippen molar-refractivity contribution in [3.8, 4) is 5.75 Å². The van der Waals surface area contributed by atoms with Crippen LogP contribution in [0.1, 0.15) is 19.4 Å². The molecule has 1 atom stereocenters. The predicted molar refractivity (Wildman–Crippen MR) is 77.0 cm³/mol. The zero-order valence-corrected chi connectivity index (χ0v) is 12.0. The number of benzene rings is 1. The van der Waals surface area contributed by atoms with E-state index in [1.807, 2.05) is 19.2 Å². The first-order valence-electron chi connectivity index (χ1n) is 6.65. The van der Waals surface area contributed by atoms with Crippen LogP contribution in [0.5, 0.6) is 5.75 Å². The topological polar surface area (TPSA) is 33.3 Å². The molecule has 0 spiro atoms. The van der Waals surface area contributed by atoms with E-state index in [1.165, 1.54) is 5.56 Å². The highest BCUT2D eigenvalue weighted by Gasteiger charge is 2.11. The fourth-order valence-corrected chi connectivity index (χ4v) is 1.99. The van der Waals surface area contributed by atoms with Crippen LogP contribution in [0.2, 0.25) is 0 Å². The third-order valence-electron chi connectivity index (χ3n) is 3.28. The molecular formula is C15H26N2O. The van der Waals surface area contributed by atoms with Gasteiger partial charge in [0.1, 0.15) is 5.75 Å². The molecule has 2 N–H and O–H groups in total. The second kappa shape index (κ2) is 8.11. The summed E-state index contributed by atoms with van der Waals surface area (Å²) in [6.45, 7) is 7.53. The van der Waals surface area contributed by atoms with Crippen molar-refractivity contribution in [2.45, 2.75) is 20.4 Å². The number of hydrogen-bond donors (Lipinski definition) is 2. The highest BCUT2D eigenvalue weighted by molar-refractivity contribution is 5.28. The van der Waals surface area contributed by atoms with Crippen LogP contribution in [0.3, 0.4) is 0 Å². The van der Waals surface area contributed by atoms with Crippen molar-refractivity contribution in [2.75, 3.05) is 27.2 Å². The maximum absolute atomic E-state index is 5.22. The van der Waals surface area contributed by atoms with Crippen molar-refractivity contribution < 1.29 is 4.74 Å². The molecule has 0 saturated carbocycles. The zero-order chi connectivity index (χ0) is 13.4. The number of rotatable bonds is 8. The zero-order valence-electron chi connectivity index (χ0n) is 12.0. The highest BCUT2D eigenvalue weighted by atomic mass is 16.5. The molecule has 0 amide bonds. The van der Waals surface area contributed by atoms with E-state index in [0.717, 1.165) is 25.4 Å². The van der Waals surface area contributed by atoms with Gasteiger partial charge in [0, 0.05) is 6.54 Å². The molecule has 18 heavy (non-hydrogen) atoms. The van der Waals surface area contributed by atoms with Crippen molar-refractivity contribution in [3.05, 3.63) is 29.8 Å². The van der Waals surface area contributed by atoms with Crippen molar-refractivity contribution >= 4 is 0 Å². The Labute approximate surface area is 111 Å². The van der Waals surface area contributed by atoms with Gasteiger partial charge in [-0.1, -0.05) is 26.0 Å². The van der Waals surface area contributed by atoms with Gasteiger partial charge in [0.05, 0.1) is 7.11 Å². The Balaban J connectivity index is 2.39. The molecule has 1 aromatic rings. The lowest BCUT2D eigenvalue weighted by molar-refractivity contribution is 0.352. The summed E-state index contributed by atoms with van der Waals surface area (Å²) in [4.78, 5) is 0. The largest absolute Gasteiger partial charge is 0.497 e. The summed E-state index contributed by atoms with van der Waals surface area (Å²) in [5.41, 5.74) is 1.27. The molecule has 0 aliphatic carbocycles. The fraction of sp³-hybridized carbons (Fsp3) is 0.600. The monoisotopic (exact) mass is 250 g/mol. The lowest BCUT2D eigenvalue weighted by atomic mass is 9.96. The molecule has 102 valence electrons. The van der Waals surface area contributed by atoms with Crippen molar-refractivity contribution in [3.63, 3.8) is 0 Å². The minimum atomic E-state index is 0.667. The average Bonchev–Trinajstić information content (AvgIpc) is 2.38. The van der Waals surface area contributed by atoms with E-state index in [1.54, 1.807) is 7.11 Å². The number of ether oxygens (including phenoxy) is 1. The summed E-state index contributed by atoms with van der Waals surface area (Å²) < 4.78 is 5.22. The normalized spacial score (nSPS) is 12.7. The Morgan fingerprint density at radius 1 is 1.22 bits per heavy atom. The summed E-state index contributed by atoms with van der Waals surface area (Å²) in [5, 5.41) is 6.78. The Hall–Kier alpha value is -1.06. The van der Waals surface area contributed by atoms with Gasteiger partial charge in [-0.3, -0.25) is 0 Å². The first-order chi connectivity index (χ1) is 8.67. The molecule has 0 aliphatic heterocycles. The van der Waals surface area contributed by atoms with Gasteiger partial charge >= 0.3 is 0 Å². The van der Waals surface area contributed by atoms with Crippen molar-refractivity contribution in [1.82, 2.24) is 10.6 Å². The highest BCUT2D eigenvalue weighted by Crippen LogP contribution is 2.13. The molecule has 0 aromatic heterocycles. The molecular weight excluding hydrogens is 224 g/mol. The van der Waals surface area contributed by atoms with Crippen LogP contribution >= 0.6 is 0 Å². The first kappa shape index (κ1) is 15.0. The molecule has 0 fully saturated rings.